The van der Waals surface area contributed by atoms with E-state index in [2.05, 4.69) is 61.0 Å². The van der Waals surface area contributed by atoms with Crippen molar-refractivity contribution in [2.45, 2.75) is 94.4 Å². The van der Waals surface area contributed by atoms with E-state index in [0.29, 0.717) is 13.1 Å². The molecule has 6 N–H and O–H groups in total. The highest BCUT2D eigenvalue weighted by atomic mass is 16.6. The Kier molecular flexibility index (Phi) is 16.2. The first-order chi connectivity index (χ1) is 27.5. The Bertz CT molecular complexity index is 1960. The van der Waals surface area contributed by atoms with Crippen LogP contribution in [0, 0.1) is 24.7 Å². The highest BCUT2D eigenvalue weighted by Gasteiger charge is 2.30. The van der Waals surface area contributed by atoms with Gasteiger partial charge in [-0.2, -0.15) is 0 Å². The van der Waals surface area contributed by atoms with Gasteiger partial charge in [-0.1, -0.05) is 77.9 Å². The van der Waals surface area contributed by atoms with Crippen molar-refractivity contribution in [3.63, 3.8) is 0 Å². The van der Waals surface area contributed by atoms with Crippen molar-refractivity contribution in [3.05, 3.63) is 89.0 Å². The zero-order valence-electron chi connectivity index (χ0n) is 35.6. The molecule has 0 spiro atoms. The maximum Gasteiger partial charge on any atom is 0.412 e. The lowest BCUT2D eigenvalue weighted by atomic mass is 9.90. The summed E-state index contributed by atoms with van der Waals surface area (Å²) >= 11 is 0. The van der Waals surface area contributed by atoms with Crippen LogP contribution in [0.15, 0.2) is 76.7 Å². The van der Waals surface area contributed by atoms with Crippen LogP contribution in [0.2, 0.25) is 0 Å². The third-order valence-electron chi connectivity index (χ3n) is 9.28. The molecule has 0 radical (unpaired) electrons. The number of carbonyl (C=O) groups is 6. The molecular formula is C44H57N7O8. The van der Waals surface area contributed by atoms with Crippen LogP contribution in [0.3, 0.4) is 0 Å². The van der Waals surface area contributed by atoms with Gasteiger partial charge < -0.3 is 36.5 Å². The summed E-state index contributed by atoms with van der Waals surface area (Å²) < 4.78 is 9.00. The maximum absolute atomic E-state index is 13.0. The van der Waals surface area contributed by atoms with Crippen molar-refractivity contribution in [2.24, 2.45) is 32.3 Å². The standard InChI is InChI=1S/C44H57N7O8/c1-26-12-11-13-34(27(26)2)51(24-30-14-18-32(19-15-30)49-28(3)35(52)22-47-37(43(5,6)7)39(54)58-41(45)56)25-31-16-20-33(21-17-31)50-29(4)36(53)23-48-38(44(8,9)10)40(55)59-42(46)57/h11-21,28-29,49-50H,22-25H2,1-10H3,(H2,45,56)(H2,46,57). The number of amides is 2. The Hall–Kier alpha value is -6.38. The first kappa shape index (κ1) is 47.0. The second-order valence-electron chi connectivity index (χ2n) is 16.4. The molecule has 0 fully saturated rings. The SMILES string of the molecule is Cc1cccc(N(Cc2ccc(NC(C)C(=O)CN=C(C(=O)OC(N)=O)C(C)(C)C)cc2)Cc2ccc(NC(C)C(=O)CN=C(C(=O)OC(N)=O)C(C)(C)C)cc2)c1C. The molecule has 3 aromatic carbocycles. The number of nitrogens with two attached hydrogens (primary N) is 2. The van der Waals surface area contributed by atoms with Crippen molar-refractivity contribution in [3.8, 4) is 0 Å². The molecular weight excluding hydrogens is 755 g/mol. The number of hydrogen-bond donors (Lipinski definition) is 4. The Labute approximate surface area is 346 Å². The van der Waals surface area contributed by atoms with E-state index in [1.165, 1.54) is 0 Å². The van der Waals surface area contributed by atoms with Crippen molar-refractivity contribution >= 4 is 64.2 Å². The molecule has 0 heterocycles. The van der Waals surface area contributed by atoms with Gasteiger partial charge in [-0.05, 0) is 80.3 Å². The minimum absolute atomic E-state index is 0.0617. The number of aliphatic imine (C=N–C) groups is 2. The summed E-state index contributed by atoms with van der Waals surface area (Å²) in [6, 6.07) is 20.5. The Morgan fingerprint density at radius 1 is 0.627 bits per heavy atom. The van der Waals surface area contributed by atoms with Gasteiger partial charge in [-0.3, -0.25) is 19.6 Å². The van der Waals surface area contributed by atoms with Gasteiger partial charge in [-0.25, -0.2) is 19.2 Å². The second-order valence-corrected chi connectivity index (χ2v) is 16.4. The number of ether oxygens (including phenoxy) is 2. The van der Waals surface area contributed by atoms with E-state index < -0.39 is 47.0 Å². The first-order valence-electron chi connectivity index (χ1n) is 19.2. The van der Waals surface area contributed by atoms with Crippen LogP contribution in [0.25, 0.3) is 0 Å². The number of rotatable bonds is 17. The van der Waals surface area contributed by atoms with Gasteiger partial charge in [0.1, 0.15) is 24.5 Å². The molecule has 59 heavy (non-hydrogen) atoms. The number of hydrogen-bond acceptors (Lipinski definition) is 13. The average Bonchev–Trinajstić information content (AvgIpc) is 3.12. The predicted molar refractivity (Wildman–Crippen MR) is 230 cm³/mol. The monoisotopic (exact) mass is 811 g/mol. The Morgan fingerprint density at radius 2 is 1.00 bits per heavy atom. The Morgan fingerprint density at radius 3 is 1.34 bits per heavy atom. The van der Waals surface area contributed by atoms with Crippen LogP contribution in [-0.4, -0.2) is 72.3 Å². The summed E-state index contributed by atoms with van der Waals surface area (Å²) in [7, 11) is 0. The molecule has 0 aliphatic heterocycles. The van der Waals surface area contributed by atoms with Crippen LogP contribution in [0.4, 0.5) is 26.7 Å². The van der Waals surface area contributed by atoms with Crippen LogP contribution in [0.1, 0.15) is 77.6 Å². The van der Waals surface area contributed by atoms with E-state index in [4.69, 9.17) is 11.5 Å². The van der Waals surface area contributed by atoms with Gasteiger partial charge in [0.15, 0.2) is 11.6 Å². The van der Waals surface area contributed by atoms with E-state index in [0.717, 1.165) is 39.3 Å². The molecule has 0 saturated heterocycles. The van der Waals surface area contributed by atoms with E-state index in [9.17, 15) is 28.8 Å². The largest absolute Gasteiger partial charge is 0.412 e. The van der Waals surface area contributed by atoms with Crippen molar-refractivity contribution in [1.82, 2.24) is 0 Å². The van der Waals surface area contributed by atoms with Gasteiger partial charge in [0.2, 0.25) is 0 Å². The van der Waals surface area contributed by atoms with Gasteiger partial charge >= 0.3 is 24.1 Å². The molecule has 0 aliphatic carbocycles. The molecule has 316 valence electrons. The lowest BCUT2D eigenvalue weighted by molar-refractivity contribution is -0.131. The number of aryl methyl sites for hydroxylation is 1. The highest BCUT2D eigenvalue weighted by molar-refractivity contribution is 6.40. The normalized spacial score (nSPS) is 13.1. The third-order valence-corrected chi connectivity index (χ3v) is 9.28. The van der Waals surface area contributed by atoms with Crippen molar-refractivity contribution < 1.29 is 38.2 Å². The summed E-state index contributed by atoms with van der Waals surface area (Å²) in [6.07, 6.45) is -2.49. The van der Waals surface area contributed by atoms with Crippen LogP contribution in [0.5, 0.6) is 0 Å². The summed E-state index contributed by atoms with van der Waals surface area (Å²) in [5.74, 6) is -2.50. The molecule has 0 aliphatic rings. The third kappa shape index (κ3) is 14.5. The molecule has 0 bridgehead atoms. The highest BCUT2D eigenvalue weighted by Crippen LogP contribution is 2.28. The number of benzene rings is 3. The maximum atomic E-state index is 13.0. The van der Waals surface area contributed by atoms with E-state index in [1.54, 1.807) is 55.4 Å². The quantitative estimate of drug-likeness (QED) is 0.0657. The van der Waals surface area contributed by atoms with Gasteiger partial charge in [0, 0.05) is 41.0 Å². The summed E-state index contributed by atoms with van der Waals surface area (Å²) in [6.45, 7) is 18.5. The number of ketones is 2. The first-order valence-corrected chi connectivity index (χ1v) is 19.2. The summed E-state index contributed by atoms with van der Waals surface area (Å²) in [5.41, 5.74) is 15.2. The number of Topliss-reactive ketones (excluding diaryl/α,β-unsaturated/α-hetero) is 2. The molecule has 2 unspecified atom stereocenters. The zero-order chi connectivity index (χ0) is 44.2. The fourth-order valence-corrected chi connectivity index (χ4v) is 5.90. The molecule has 3 rings (SSSR count). The molecule has 2 atom stereocenters. The van der Waals surface area contributed by atoms with Crippen LogP contribution < -0.4 is 27.0 Å². The smallest absolute Gasteiger partial charge is 0.375 e. The van der Waals surface area contributed by atoms with Gasteiger partial charge in [0.25, 0.3) is 0 Å². The van der Waals surface area contributed by atoms with Gasteiger partial charge in [0.05, 0.1) is 12.1 Å². The lowest BCUT2D eigenvalue weighted by Crippen LogP contribution is -2.35. The van der Waals surface area contributed by atoms with E-state index in [-0.39, 0.29) is 36.1 Å². The van der Waals surface area contributed by atoms with Crippen LogP contribution >= 0.6 is 0 Å². The zero-order valence-corrected chi connectivity index (χ0v) is 35.6. The minimum atomic E-state index is -1.24. The molecule has 3 aromatic rings. The lowest BCUT2D eigenvalue weighted by Gasteiger charge is -2.28. The molecule has 15 nitrogen and oxygen atoms in total. The fraction of sp³-hybridized carbons (Fsp3) is 0.409. The number of anilines is 3. The average molecular weight is 812 g/mol. The summed E-state index contributed by atoms with van der Waals surface area (Å²) in [5, 5.41) is 6.40. The Balaban J connectivity index is 1.71. The molecule has 0 aromatic heterocycles. The number of nitrogens with zero attached hydrogens (tertiary/aromatic N) is 3. The number of primary amides is 2. The second kappa shape index (κ2) is 20.4. The van der Waals surface area contributed by atoms with E-state index in [1.807, 2.05) is 54.6 Å². The van der Waals surface area contributed by atoms with E-state index >= 15 is 0 Å². The van der Waals surface area contributed by atoms with Gasteiger partial charge in [-0.15, -0.1) is 0 Å². The summed E-state index contributed by atoms with van der Waals surface area (Å²) in [4.78, 5) is 83.5. The number of carbonyl (C=O) groups excluding carboxylic acids is 6. The number of nitrogens with one attached hydrogen (secondary N) is 2. The van der Waals surface area contributed by atoms with Crippen molar-refractivity contribution in [1.29, 1.82) is 0 Å². The topological polar surface area (TPSA) is 225 Å². The predicted octanol–water partition coefficient (Wildman–Crippen LogP) is 6.47. The van der Waals surface area contributed by atoms with Crippen molar-refractivity contribution in [2.75, 3.05) is 28.6 Å². The molecule has 0 saturated carbocycles. The van der Waals surface area contributed by atoms with Crippen LogP contribution in [-0.2, 0) is 41.7 Å². The molecule has 15 heteroatoms. The fourth-order valence-electron chi connectivity index (χ4n) is 5.90. The minimum Gasteiger partial charge on any atom is -0.375 e. The number of esters is 2. The molecule has 2 amide bonds.